The molecule has 0 saturated heterocycles. The monoisotopic (exact) mass is 414 g/mol. The van der Waals surface area contributed by atoms with Gasteiger partial charge in [0.15, 0.2) is 0 Å². The Morgan fingerprint density at radius 1 is 0.967 bits per heavy atom. The highest BCUT2D eigenvalue weighted by Crippen LogP contribution is 2.36. The average molecular weight is 415 g/mol. The van der Waals surface area contributed by atoms with Crippen molar-refractivity contribution in [3.63, 3.8) is 0 Å². The number of rotatable bonds is 6. The number of aliphatic hydroxyl groups is 1. The number of nitrogens with one attached hydrogen (secondary N) is 1. The van der Waals surface area contributed by atoms with Crippen LogP contribution in [0, 0.1) is 6.92 Å². The van der Waals surface area contributed by atoms with Gasteiger partial charge >= 0.3 is 0 Å². The van der Waals surface area contributed by atoms with E-state index in [9.17, 15) is 9.90 Å². The minimum atomic E-state index is -0.136. The number of benzene rings is 3. The Bertz CT molecular complexity index is 1150. The van der Waals surface area contributed by atoms with Crippen molar-refractivity contribution in [1.82, 2.24) is 4.98 Å². The maximum absolute atomic E-state index is 12.8. The van der Waals surface area contributed by atoms with Gasteiger partial charge in [0, 0.05) is 11.3 Å². The highest BCUT2D eigenvalue weighted by molar-refractivity contribution is 7.18. The zero-order valence-electron chi connectivity index (χ0n) is 16.6. The Morgan fingerprint density at radius 2 is 1.73 bits per heavy atom. The summed E-state index contributed by atoms with van der Waals surface area (Å²) in [6.07, 6.45) is 0.176. The van der Waals surface area contributed by atoms with E-state index >= 15 is 0 Å². The van der Waals surface area contributed by atoms with Gasteiger partial charge in [0.25, 0.3) is 0 Å². The van der Waals surface area contributed by atoms with Gasteiger partial charge in [-0.1, -0.05) is 72.3 Å². The van der Waals surface area contributed by atoms with Gasteiger partial charge in [-0.25, -0.2) is 4.98 Å². The molecule has 1 amide bonds. The van der Waals surface area contributed by atoms with Crippen LogP contribution in [0.15, 0.2) is 78.9 Å². The number of thiazole rings is 1. The van der Waals surface area contributed by atoms with E-state index in [0.29, 0.717) is 5.69 Å². The van der Waals surface area contributed by atoms with Crippen molar-refractivity contribution in [3.05, 3.63) is 95.7 Å². The van der Waals surface area contributed by atoms with Crippen LogP contribution in [0.4, 0.5) is 5.69 Å². The van der Waals surface area contributed by atoms with Crippen molar-refractivity contribution in [2.75, 3.05) is 5.32 Å². The quantitative estimate of drug-likeness (QED) is 0.440. The Balaban J connectivity index is 1.64. The van der Waals surface area contributed by atoms with Gasteiger partial charge in [0.05, 0.1) is 23.6 Å². The van der Waals surface area contributed by atoms with Gasteiger partial charge in [0.2, 0.25) is 5.91 Å². The molecule has 0 bridgehead atoms. The molecule has 5 heteroatoms. The zero-order chi connectivity index (χ0) is 20.9. The summed E-state index contributed by atoms with van der Waals surface area (Å²) < 4.78 is 0. The lowest BCUT2D eigenvalue weighted by atomic mass is 10.1. The van der Waals surface area contributed by atoms with Crippen molar-refractivity contribution in [2.45, 2.75) is 20.0 Å². The summed E-state index contributed by atoms with van der Waals surface area (Å²) in [6.45, 7) is 1.99. The Morgan fingerprint density at radius 3 is 2.47 bits per heavy atom. The van der Waals surface area contributed by atoms with Gasteiger partial charge in [-0.15, -0.1) is 11.3 Å². The van der Waals surface area contributed by atoms with Gasteiger partial charge in [0.1, 0.15) is 5.01 Å². The van der Waals surface area contributed by atoms with Crippen molar-refractivity contribution < 1.29 is 9.90 Å². The molecule has 1 heterocycles. The molecule has 0 unspecified atom stereocenters. The summed E-state index contributed by atoms with van der Waals surface area (Å²) in [4.78, 5) is 18.6. The number of hydrogen-bond donors (Lipinski definition) is 2. The van der Waals surface area contributed by atoms with Crippen LogP contribution in [0.25, 0.3) is 21.0 Å². The predicted octanol–water partition coefficient (Wildman–Crippen LogP) is 5.46. The minimum absolute atomic E-state index is 0.0617. The van der Waals surface area contributed by atoms with E-state index in [0.717, 1.165) is 32.3 Å². The van der Waals surface area contributed by atoms with E-state index in [2.05, 4.69) is 36.5 Å². The second-order valence-electron chi connectivity index (χ2n) is 7.11. The number of anilines is 1. The fourth-order valence-corrected chi connectivity index (χ4v) is 4.30. The molecule has 0 spiro atoms. The van der Waals surface area contributed by atoms with Crippen LogP contribution in [0.1, 0.15) is 16.8 Å². The lowest BCUT2D eigenvalue weighted by molar-refractivity contribution is -0.115. The number of nitrogens with zero attached hydrogens (tertiary/aromatic N) is 1. The Kier molecular flexibility index (Phi) is 6.02. The predicted molar refractivity (Wildman–Crippen MR) is 122 cm³/mol. The summed E-state index contributed by atoms with van der Waals surface area (Å²) in [5.41, 5.74) is 5.48. The molecule has 1 aromatic heterocycles. The average Bonchev–Trinajstić information content (AvgIpc) is 3.18. The zero-order valence-corrected chi connectivity index (χ0v) is 17.4. The number of aromatic nitrogens is 1. The third-order valence-electron chi connectivity index (χ3n) is 4.75. The second kappa shape index (κ2) is 9.03. The van der Waals surface area contributed by atoms with Crippen molar-refractivity contribution in [2.24, 2.45) is 0 Å². The standard InChI is InChI=1S/C25H22N2O2S/c1-17-10-12-19(13-11-17)24-22(27-25(30-24)20-7-3-2-4-8-20)15-23(29)26-21-9-5-6-18(14-21)16-28/h2-14,28H,15-16H2,1H3,(H,26,29). The van der Waals surface area contributed by atoms with Gasteiger partial charge in [-0.3, -0.25) is 4.79 Å². The van der Waals surface area contributed by atoms with Crippen molar-refractivity contribution in [1.29, 1.82) is 0 Å². The van der Waals surface area contributed by atoms with E-state index in [1.54, 1.807) is 17.4 Å². The summed E-state index contributed by atoms with van der Waals surface area (Å²) in [7, 11) is 0. The first-order valence-electron chi connectivity index (χ1n) is 9.74. The molecule has 2 N–H and O–H groups in total. The normalized spacial score (nSPS) is 10.7. The molecular formula is C25H22N2O2S. The first kappa shape index (κ1) is 20.0. The Hall–Kier alpha value is -3.28. The number of aryl methyl sites for hydroxylation is 1. The van der Waals surface area contributed by atoms with Crippen LogP contribution in [0.3, 0.4) is 0 Å². The first-order valence-corrected chi connectivity index (χ1v) is 10.6. The molecule has 0 radical (unpaired) electrons. The van der Waals surface area contributed by atoms with E-state index in [1.165, 1.54) is 5.56 Å². The van der Waals surface area contributed by atoms with Gasteiger partial charge < -0.3 is 10.4 Å². The highest BCUT2D eigenvalue weighted by atomic mass is 32.1. The van der Waals surface area contributed by atoms with Crippen LogP contribution in [0.5, 0.6) is 0 Å². The number of carbonyl (C=O) groups is 1. The maximum Gasteiger partial charge on any atom is 0.230 e. The molecule has 30 heavy (non-hydrogen) atoms. The molecule has 0 aliphatic rings. The van der Waals surface area contributed by atoms with E-state index in [4.69, 9.17) is 4.98 Å². The topological polar surface area (TPSA) is 62.2 Å². The number of hydrogen-bond acceptors (Lipinski definition) is 4. The summed E-state index contributed by atoms with van der Waals surface area (Å²) in [6, 6.07) is 25.5. The molecule has 0 aliphatic heterocycles. The number of amides is 1. The fraction of sp³-hybridized carbons (Fsp3) is 0.120. The van der Waals surface area contributed by atoms with E-state index in [1.807, 2.05) is 48.5 Å². The van der Waals surface area contributed by atoms with Crippen molar-refractivity contribution in [3.8, 4) is 21.0 Å². The molecule has 4 rings (SSSR count). The van der Waals surface area contributed by atoms with Crippen molar-refractivity contribution >= 4 is 22.9 Å². The highest BCUT2D eigenvalue weighted by Gasteiger charge is 2.17. The van der Waals surface area contributed by atoms with Gasteiger partial charge in [-0.2, -0.15) is 0 Å². The largest absolute Gasteiger partial charge is 0.392 e. The molecule has 0 atom stereocenters. The van der Waals surface area contributed by atoms with Crippen LogP contribution in [-0.4, -0.2) is 16.0 Å². The molecule has 0 saturated carbocycles. The molecule has 4 aromatic rings. The summed E-state index contributed by atoms with van der Waals surface area (Å²) in [5, 5.41) is 13.1. The molecule has 4 nitrogen and oxygen atoms in total. The van der Waals surface area contributed by atoms with E-state index in [-0.39, 0.29) is 18.9 Å². The first-order chi connectivity index (χ1) is 14.6. The smallest absolute Gasteiger partial charge is 0.230 e. The van der Waals surface area contributed by atoms with E-state index < -0.39 is 0 Å². The molecule has 3 aromatic carbocycles. The fourth-order valence-electron chi connectivity index (χ4n) is 3.21. The van der Waals surface area contributed by atoms with Gasteiger partial charge in [-0.05, 0) is 30.2 Å². The number of carbonyl (C=O) groups excluding carboxylic acids is 1. The molecule has 0 aliphatic carbocycles. The lowest BCUT2D eigenvalue weighted by Gasteiger charge is -2.07. The minimum Gasteiger partial charge on any atom is -0.392 e. The van der Waals surface area contributed by atoms with Crippen LogP contribution in [-0.2, 0) is 17.8 Å². The third kappa shape index (κ3) is 4.64. The van der Waals surface area contributed by atoms with Crippen LogP contribution >= 0.6 is 11.3 Å². The molecular weight excluding hydrogens is 392 g/mol. The summed E-state index contributed by atoms with van der Waals surface area (Å²) in [5.74, 6) is -0.136. The summed E-state index contributed by atoms with van der Waals surface area (Å²) >= 11 is 1.60. The molecule has 0 fully saturated rings. The maximum atomic E-state index is 12.8. The number of aliphatic hydroxyl groups excluding tert-OH is 1. The second-order valence-corrected chi connectivity index (χ2v) is 8.11. The molecule has 150 valence electrons. The third-order valence-corrected chi connectivity index (χ3v) is 5.95. The lowest BCUT2D eigenvalue weighted by Crippen LogP contribution is -2.15. The van der Waals surface area contributed by atoms with Crippen LogP contribution in [0.2, 0.25) is 0 Å². The Labute approximate surface area is 179 Å². The van der Waals surface area contributed by atoms with Crippen LogP contribution < -0.4 is 5.32 Å². The SMILES string of the molecule is Cc1ccc(-c2sc(-c3ccccc3)nc2CC(=O)Nc2cccc(CO)c2)cc1.